The number of amides is 1. The molecule has 1 unspecified atom stereocenters. The van der Waals surface area contributed by atoms with Gasteiger partial charge < -0.3 is 14.8 Å². The van der Waals surface area contributed by atoms with E-state index in [2.05, 4.69) is 10.2 Å². The molecule has 0 saturated carbocycles. The number of piperidine rings is 1. The summed E-state index contributed by atoms with van der Waals surface area (Å²) in [7, 11) is 1.50. The maximum Gasteiger partial charge on any atom is 0.323 e. The molecule has 1 aliphatic rings. The molecule has 1 amide bonds. The van der Waals surface area contributed by atoms with E-state index in [1.165, 1.54) is 7.11 Å². The average Bonchev–Trinajstić information content (AvgIpc) is 2.37. The first-order valence-corrected chi connectivity index (χ1v) is 7.48. The summed E-state index contributed by atoms with van der Waals surface area (Å²) >= 11 is 0. The molecule has 1 rings (SSSR count). The highest BCUT2D eigenvalue weighted by atomic mass is 16.6. The molecule has 0 radical (unpaired) electrons. The van der Waals surface area contributed by atoms with Crippen molar-refractivity contribution in [1.82, 2.24) is 10.2 Å². The minimum Gasteiger partial charge on any atom is -0.459 e. The van der Waals surface area contributed by atoms with Crippen LogP contribution in [0.25, 0.3) is 0 Å². The van der Waals surface area contributed by atoms with Crippen LogP contribution in [-0.2, 0) is 19.1 Å². The third-order valence-electron chi connectivity index (χ3n) is 3.47. The van der Waals surface area contributed by atoms with Crippen LogP contribution in [0.15, 0.2) is 0 Å². The number of carbonyl (C=O) groups is 2. The van der Waals surface area contributed by atoms with Crippen molar-refractivity contribution in [3.8, 4) is 0 Å². The number of esters is 1. The Morgan fingerprint density at radius 1 is 1.29 bits per heavy atom. The number of nitrogens with zero attached hydrogens (tertiary/aromatic N) is 1. The lowest BCUT2D eigenvalue weighted by atomic mass is 10.0. The molecule has 1 heterocycles. The molecule has 6 nitrogen and oxygen atoms in total. The molecule has 0 aromatic heterocycles. The largest absolute Gasteiger partial charge is 0.459 e. The molecule has 0 aliphatic carbocycles. The third-order valence-corrected chi connectivity index (χ3v) is 3.47. The van der Waals surface area contributed by atoms with Crippen LogP contribution in [0.3, 0.4) is 0 Å². The van der Waals surface area contributed by atoms with Crippen molar-refractivity contribution < 1.29 is 19.1 Å². The van der Waals surface area contributed by atoms with Gasteiger partial charge in [-0.05, 0) is 40.5 Å². The second-order valence-electron chi connectivity index (χ2n) is 6.52. The lowest BCUT2D eigenvalue weighted by Gasteiger charge is -2.36. The molecule has 6 heteroatoms. The van der Waals surface area contributed by atoms with E-state index in [0.29, 0.717) is 0 Å². The Kier molecular flexibility index (Phi) is 6.61. The highest BCUT2D eigenvalue weighted by Crippen LogP contribution is 2.16. The highest BCUT2D eigenvalue weighted by molar-refractivity contribution is 5.77. The number of rotatable bonds is 5. The average molecular weight is 300 g/mol. The summed E-state index contributed by atoms with van der Waals surface area (Å²) in [4.78, 5) is 25.6. The van der Waals surface area contributed by atoms with Crippen LogP contribution in [0.5, 0.6) is 0 Å². The fourth-order valence-electron chi connectivity index (χ4n) is 2.37. The monoisotopic (exact) mass is 300 g/mol. The fourth-order valence-corrected chi connectivity index (χ4v) is 2.37. The number of hydrogen-bond acceptors (Lipinski definition) is 5. The first-order chi connectivity index (χ1) is 9.73. The van der Waals surface area contributed by atoms with Gasteiger partial charge in [-0.3, -0.25) is 14.5 Å². The van der Waals surface area contributed by atoms with E-state index >= 15 is 0 Å². The maximum absolute atomic E-state index is 12.1. The van der Waals surface area contributed by atoms with E-state index in [9.17, 15) is 9.59 Å². The van der Waals surface area contributed by atoms with E-state index in [1.807, 2.05) is 27.7 Å². The number of likely N-dealkylation sites (tertiary alicyclic amines) is 1. The van der Waals surface area contributed by atoms with Gasteiger partial charge in [-0.1, -0.05) is 0 Å². The molecular weight excluding hydrogens is 272 g/mol. The molecule has 0 aromatic carbocycles. The molecule has 0 bridgehead atoms. The van der Waals surface area contributed by atoms with E-state index in [0.717, 1.165) is 25.9 Å². The van der Waals surface area contributed by atoms with E-state index in [1.54, 1.807) is 0 Å². The van der Waals surface area contributed by atoms with Crippen molar-refractivity contribution in [2.45, 2.75) is 58.2 Å². The van der Waals surface area contributed by atoms with Gasteiger partial charge in [0.05, 0.1) is 0 Å². The Balaban J connectivity index is 2.38. The summed E-state index contributed by atoms with van der Waals surface area (Å²) in [6, 6.07) is -0.0883. The summed E-state index contributed by atoms with van der Waals surface area (Å²) in [5, 5.41) is 2.94. The molecular formula is C15H28N2O4. The van der Waals surface area contributed by atoms with Gasteiger partial charge >= 0.3 is 5.97 Å². The van der Waals surface area contributed by atoms with Gasteiger partial charge in [-0.25, -0.2) is 0 Å². The summed E-state index contributed by atoms with van der Waals surface area (Å²) in [6.45, 7) is 9.13. The summed E-state index contributed by atoms with van der Waals surface area (Å²) in [6.07, 6.45) is 1.67. The predicted octanol–water partition coefficient (Wildman–Crippen LogP) is 0.944. The van der Waals surface area contributed by atoms with Gasteiger partial charge in [0, 0.05) is 26.2 Å². The number of nitrogens with one attached hydrogen (secondary N) is 1. The molecule has 0 spiro atoms. The van der Waals surface area contributed by atoms with Gasteiger partial charge in [-0.2, -0.15) is 0 Å². The number of ether oxygens (including phenoxy) is 2. The Hall–Kier alpha value is -1.14. The van der Waals surface area contributed by atoms with Crippen LogP contribution in [0, 0.1) is 0 Å². The van der Waals surface area contributed by atoms with Gasteiger partial charge in [-0.15, -0.1) is 0 Å². The molecule has 1 saturated heterocycles. The summed E-state index contributed by atoms with van der Waals surface area (Å²) in [5.74, 6) is -0.277. The number of carbonyl (C=O) groups excluding carboxylic acids is 2. The SMILES string of the molecule is COCC(=O)NC1CCN(C(C)C(=O)OC(C)(C)C)CC1. The topological polar surface area (TPSA) is 67.9 Å². The van der Waals surface area contributed by atoms with Crippen molar-refractivity contribution in [3.05, 3.63) is 0 Å². The number of methoxy groups -OCH3 is 1. The molecule has 1 N–H and O–H groups in total. The Morgan fingerprint density at radius 2 is 1.86 bits per heavy atom. The van der Waals surface area contributed by atoms with Gasteiger partial charge in [0.1, 0.15) is 18.2 Å². The Morgan fingerprint density at radius 3 is 2.33 bits per heavy atom. The lowest BCUT2D eigenvalue weighted by Crippen LogP contribution is -2.50. The highest BCUT2D eigenvalue weighted by Gasteiger charge is 2.30. The van der Waals surface area contributed by atoms with E-state index in [-0.39, 0.29) is 30.6 Å². The third kappa shape index (κ3) is 6.44. The molecule has 21 heavy (non-hydrogen) atoms. The Bertz CT molecular complexity index is 357. The first kappa shape index (κ1) is 17.9. The first-order valence-electron chi connectivity index (χ1n) is 7.48. The predicted molar refractivity (Wildman–Crippen MR) is 79.9 cm³/mol. The van der Waals surface area contributed by atoms with Crippen molar-refractivity contribution in [2.24, 2.45) is 0 Å². The fraction of sp³-hybridized carbons (Fsp3) is 0.867. The minimum atomic E-state index is -0.461. The standard InChI is InChI=1S/C15H28N2O4/c1-11(14(19)21-15(2,3)4)17-8-6-12(7-9-17)16-13(18)10-20-5/h11-12H,6-10H2,1-5H3,(H,16,18). The van der Waals surface area contributed by atoms with Gasteiger partial charge in [0.2, 0.25) is 5.91 Å². The van der Waals surface area contributed by atoms with Crippen molar-refractivity contribution in [3.63, 3.8) is 0 Å². The van der Waals surface area contributed by atoms with Crippen LogP contribution >= 0.6 is 0 Å². The maximum atomic E-state index is 12.1. The van der Waals surface area contributed by atoms with Crippen molar-refractivity contribution >= 4 is 11.9 Å². The summed E-state index contributed by atoms with van der Waals surface area (Å²) < 4.78 is 10.2. The zero-order valence-corrected chi connectivity index (χ0v) is 13.8. The molecule has 122 valence electrons. The molecule has 1 atom stereocenters. The second-order valence-corrected chi connectivity index (χ2v) is 6.52. The summed E-state index contributed by atoms with van der Waals surface area (Å²) in [5.41, 5.74) is -0.461. The minimum absolute atomic E-state index is 0.0869. The smallest absolute Gasteiger partial charge is 0.323 e. The van der Waals surface area contributed by atoms with Crippen LogP contribution in [0.4, 0.5) is 0 Å². The lowest BCUT2D eigenvalue weighted by molar-refractivity contribution is -0.161. The Labute approximate surface area is 127 Å². The van der Waals surface area contributed by atoms with E-state index < -0.39 is 5.60 Å². The van der Waals surface area contributed by atoms with Gasteiger partial charge in [0.25, 0.3) is 0 Å². The van der Waals surface area contributed by atoms with Crippen LogP contribution < -0.4 is 5.32 Å². The quantitative estimate of drug-likeness (QED) is 0.766. The molecule has 1 fully saturated rings. The van der Waals surface area contributed by atoms with Crippen LogP contribution in [0.1, 0.15) is 40.5 Å². The number of hydrogen-bond donors (Lipinski definition) is 1. The van der Waals surface area contributed by atoms with E-state index in [4.69, 9.17) is 9.47 Å². The van der Waals surface area contributed by atoms with Crippen molar-refractivity contribution in [2.75, 3.05) is 26.8 Å². The van der Waals surface area contributed by atoms with Crippen LogP contribution in [0.2, 0.25) is 0 Å². The molecule has 0 aromatic rings. The van der Waals surface area contributed by atoms with Crippen molar-refractivity contribution in [1.29, 1.82) is 0 Å². The van der Waals surface area contributed by atoms with Crippen LogP contribution in [-0.4, -0.2) is 61.3 Å². The normalized spacial score (nSPS) is 19.1. The molecule has 1 aliphatic heterocycles. The zero-order valence-electron chi connectivity index (χ0n) is 13.8. The van der Waals surface area contributed by atoms with Gasteiger partial charge in [0.15, 0.2) is 0 Å². The second kappa shape index (κ2) is 7.75. The zero-order chi connectivity index (χ0) is 16.0.